The van der Waals surface area contributed by atoms with Gasteiger partial charge < -0.3 is 0 Å². The lowest BCUT2D eigenvalue weighted by atomic mass is 10.1. The number of rotatable bonds is 3. The van der Waals surface area contributed by atoms with Crippen LogP contribution in [0, 0.1) is 18.2 Å². The third-order valence-electron chi connectivity index (χ3n) is 1.73. The van der Waals surface area contributed by atoms with E-state index in [2.05, 4.69) is 11.3 Å². The molecule has 1 unspecified atom stereocenters. The second kappa shape index (κ2) is 4.61. The molecule has 0 fully saturated rings. The van der Waals surface area contributed by atoms with Crippen molar-refractivity contribution in [2.24, 2.45) is 5.84 Å². The molecule has 0 saturated carbocycles. The Hall–Kier alpha value is -1.37. The third-order valence-corrected chi connectivity index (χ3v) is 1.73. The second-order valence-electron chi connectivity index (χ2n) is 2.72. The highest BCUT2D eigenvalue weighted by molar-refractivity contribution is 5.19. The fraction of sp³-hybridized carbons (Fsp3) is 0.200. The van der Waals surface area contributed by atoms with Crippen molar-refractivity contribution in [3.8, 4) is 12.3 Å². The number of halogens is 1. The minimum absolute atomic E-state index is 0.248. The van der Waals surface area contributed by atoms with Crippen molar-refractivity contribution >= 4 is 0 Å². The number of hydrazine groups is 1. The first-order valence-corrected chi connectivity index (χ1v) is 3.93. The van der Waals surface area contributed by atoms with Gasteiger partial charge in [-0.15, -0.1) is 6.42 Å². The van der Waals surface area contributed by atoms with Crippen LogP contribution in [0.5, 0.6) is 0 Å². The Morgan fingerprint density at radius 2 is 2.38 bits per heavy atom. The third kappa shape index (κ3) is 2.86. The fourth-order valence-electron chi connectivity index (χ4n) is 1.07. The zero-order chi connectivity index (χ0) is 9.68. The minimum atomic E-state index is -0.259. The summed E-state index contributed by atoms with van der Waals surface area (Å²) in [6.45, 7) is 0. The van der Waals surface area contributed by atoms with Crippen molar-refractivity contribution in [2.45, 2.75) is 12.5 Å². The standard InChI is InChI=1S/C10H11FN2/c1-2-10(13-12)7-8-4-3-5-9(11)6-8/h1,3-6,10,13H,7,12H2. The molecule has 0 heterocycles. The Morgan fingerprint density at radius 1 is 1.62 bits per heavy atom. The van der Waals surface area contributed by atoms with Gasteiger partial charge in [0.2, 0.25) is 0 Å². The fourth-order valence-corrected chi connectivity index (χ4v) is 1.07. The van der Waals surface area contributed by atoms with Gasteiger partial charge in [-0.1, -0.05) is 18.1 Å². The summed E-state index contributed by atoms with van der Waals surface area (Å²) in [6, 6.07) is 6.05. The van der Waals surface area contributed by atoms with Gasteiger partial charge in [0.25, 0.3) is 0 Å². The summed E-state index contributed by atoms with van der Waals surface area (Å²) in [7, 11) is 0. The van der Waals surface area contributed by atoms with Gasteiger partial charge in [-0.3, -0.25) is 5.84 Å². The number of nitrogens with two attached hydrogens (primary N) is 1. The topological polar surface area (TPSA) is 38.0 Å². The molecule has 1 aromatic carbocycles. The Balaban J connectivity index is 2.69. The maximum atomic E-state index is 12.7. The molecule has 13 heavy (non-hydrogen) atoms. The Kier molecular flexibility index (Phi) is 3.44. The lowest BCUT2D eigenvalue weighted by molar-refractivity contribution is 0.612. The number of terminal acetylenes is 1. The smallest absolute Gasteiger partial charge is 0.123 e. The Labute approximate surface area is 76.9 Å². The van der Waals surface area contributed by atoms with Crippen molar-refractivity contribution in [3.63, 3.8) is 0 Å². The summed E-state index contributed by atoms with van der Waals surface area (Å²) in [6.07, 6.45) is 5.72. The average Bonchev–Trinajstić information content (AvgIpc) is 2.14. The van der Waals surface area contributed by atoms with Gasteiger partial charge in [0, 0.05) is 6.42 Å². The number of nitrogens with one attached hydrogen (secondary N) is 1. The molecular formula is C10H11FN2. The van der Waals surface area contributed by atoms with Crippen molar-refractivity contribution in [2.75, 3.05) is 0 Å². The van der Waals surface area contributed by atoms with Gasteiger partial charge >= 0.3 is 0 Å². The summed E-state index contributed by atoms with van der Waals surface area (Å²) in [5, 5.41) is 0. The molecule has 3 heteroatoms. The zero-order valence-corrected chi connectivity index (χ0v) is 7.13. The molecule has 0 aliphatic carbocycles. The van der Waals surface area contributed by atoms with Gasteiger partial charge in [0.05, 0.1) is 6.04 Å². The molecule has 68 valence electrons. The van der Waals surface area contributed by atoms with Crippen LogP contribution in [0.2, 0.25) is 0 Å². The Bertz CT molecular complexity index is 317. The van der Waals surface area contributed by atoms with Gasteiger partial charge in [0.15, 0.2) is 0 Å². The van der Waals surface area contributed by atoms with E-state index in [9.17, 15) is 4.39 Å². The van der Waals surface area contributed by atoms with Gasteiger partial charge in [0.1, 0.15) is 5.82 Å². The van der Waals surface area contributed by atoms with E-state index in [1.165, 1.54) is 12.1 Å². The normalized spacial score (nSPS) is 12.1. The van der Waals surface area contributed by atoms with E-state index in [0.717, 1.165) is 5.56 Å². The molecular weight excluding hydrogens is 167 g/mol. The van der Waals surface area contributed by atoms with Crippen LogP contribution in [0.25, 0.3) is 0 Å². The molecule has 1 atom stereocenters. The summed E-state index contributed by atoms with van der Waals surface area (Å²) in [5.74, 6) is 7.39. The van der Waals surface area contributed by atoms with E-state index in [-0.39, 0.29) is 11.9 Å². The van der Waals surface area contributed by atoms with E-state index >= 15 is 0 Å². The molecule has 0 saturated heterocycles. The van der Waals surface area contributed by atoms with Crippen LogP contribution < -0.4 is 11.3 Å². The van der Waals surface area contributed by atoms with Crippen LogP contribution in [0.15, 0.2) is 24.3 Å². The molecule has 1 aromatic rings. The summed E-state index contributed by atoms with van der Waals surface area (Å²) in [4.78, 5) is 0. The summed E-state index contributed by atoms with van der Waals surface area (Å²) in [5.41, 5.74) is 3.30. The van der Waals surface area contributed by atoms with Crippen molar-refractivity contribution < 1.29 is 4.39 Å². The first kappa shape index (κ1) is 9.72. The second-order valence-corrected chi connectivity index (χ2v) is 2.72. The van der Waals surface area contributed by atoms with E-state index < -0.39 is 0 Å². The van der Waals surface area contributed by atoms with E-state index in [4.69, 9.17) is 12.3 Å². The molecule has 0 aromatic heterocycles. The molecule has 1 rings (SSSR count). The largest absolute Gasteiger partial charge is 0.270 e. The number of benzene rings is 1. The Morgan fingerprint density at radius 3 is 2.92 bits per heavy atom. The minimum Gasteiger partial charge on any atom is -0.270 e. The number of hydrogen-bond acceptors (Lipinski definition) is 2. The highest BCUT2D eigenvalue weighted by atomic mass is 19.1. The molecule has 3 N–H and O–H groups in total. The van der Waals surface area contributed by atoms with Gasteiger partial charge in [-0.05, 0) is 17.7 Å². The zero-order valence-electron chi connectivity index (χ0n) is 7.13. The summed E-state index contributed by atoms with van der Waals surface area (Å²) >= 11 is 0. The first-order chi connectivity index (χ1) is 6.26. The molecule has 0 aliphatic heterocycles. The van der Waals surface area contributed by atoms with Gasteiger partial charge in [-0.25, -0.2) is 9.82 Å². The lowest BCUT2D eigenvalue weighted by Gasteiger charge is -2.08. The predicted octanol–water partition coefficient (Wildman–Crippen LogP) is 0.833. The molecule has 0 bridgehead atoms. The molecule has 0 radical (unpaired) electrons. The van der Waals surface area contributed by atoms with Crippen molar-refractivity contribution in [3.05, 3.63) is 35.6 Å². The van der Waals surface area contributed by atoms with E-state index in [1.54, 1.807) is 6.07 Å². The monoisotopic (exact) mass is 178 g/mol. The molecule has 2 nitrogen and oxygen atoms in total. The van der Waals surface area contributed by atoms with E-state index in [0.29, 0.717) is 6.42 Å². The molecule has 0 amide bonds. The number of hydrogen-bond donors (Lipinski definition) is 2. The average molecular weight is 178 g/mol. The quantitative estimate of drug-likeness (QED) is 0.409. The summed E-state index contributed by atoms with van der Waals surface area (Å²) < 4.78 is 12.7. The van der Waals surface area contributed by atoms with Crippen LogP contribution >= 0.6 is 0 Å². The molecule has 0 spiro atoms. The van der Waals surface area contributed by atoms with Crippen LogP contribution in [-0.2, 0) is 6.42 Å². The van der Waals surface area contributed by atoms with Crippen LogP contribution in [-0.4, -0.2) is 6.04 Å². The maximum Gasteiger partial charge on any atom is 0.123 e. The van der Waals surface area contributed by atoms with Crippen molar-refractivity contribution in [1.29, 1.82) is 0 Å². The van der Waals surface area contributed by atoms with E-state index in [1.807, 2.05) is 6.07 Å². The van der Waals surface area contributed by atoms with Crippen LogP contribution in [0.4, 0.5) is 4.39 Å². The SMILES string of the molecule is C#CC(Cc1cccc(F)c1)NN. The highest BCUT2D eigenvalue weighted by Crippen LogP contribution is 2.05. The highest BCUT2D eigenvalue weighted by Gasteiger charge is 2.03. The predicted molar refractivity (Wildman–Crippen MR) is 50.0 cm³/mol. The van der Waals surface area contributed by atoms with Crippen LogP contribution in [0.1, 0.15) is 5.56 Å². The van der Waals surface area contributed by atoms with Crippen molar-refractivity contribution in [1.82, 2.24) is 5.43 Å². The molecule has 0 aliphatic rings. The van der Waals surface area contributed by atoms with Crippen LogP contribution in [0.3, 0.4) is 0 Å². The maximum absolute atomic E-state index is 12.7. The van der Waals surface area contributed by atoms with Gasteiger partial charge in [-0.2, -0.15) is 0 Å². The lowest BCUT2D eigenvalue weighted by Crippen LogP contribution is -2.35. The first-order valence-electron chi connectivity index (χ1n) is 3.93.